The minimum Gasteiger partial charge on any atom is -0.481 e. The van der Waals surface area contributed by atoms with Gasteiger partial charge >= 0.3 is 5.97 Å². The van der Waals surface area contributed by atoms with E-state index in [0.29, 0.717) is 6.42 Å². The Bertz CT molecular complexity index is 698. The molecule has 0 aliphatic heterocycles. The van der Waals surface area contributed by atoms with E-state index in [2.05, 4.69) is 22.4 Å². The van der Waals surface area contributed by atoms with E-state index in [1.165, 1.54) is 16.9 Å². The number of carbonyl (C=O) groups excluding carboxylic acids is 1. The number of hydrogen-bond acceptors (Lipinski definition) is 4. The lowest BCUT2D eigenvalue weighted by Crippen LogP contribution is -2.34. The van der Waals surface area contributed by atoms with Crippen LogP contribution < -0.4 is 5.32 Å². The van der Waals surface area contributed by atoms with E-state index in [4.69, 9.17) is 0 Å². The van der Waals surface area contributed by atoms with Gasteiger partial charge in [-0.05, 0) is 17.9 Å². The second kappa shape index (κ2) is 9.32. The summed E-state index contributed by atoms with van der Waals surface area (Å²) >= 11 is 1.54. The van der Waals surface area contributed by atoms with Crippen molar-refractivity contribution < 1.29 is 14.7 Å². The third kappa shape index (κ3) is 6.66. The van der Waals surface area contributed by atoms with E-state index in [-0.39, 0.29) is 24.8 Å². The van der Waals surface area contributed by atoms with Crippen LogP contribution in [0.1, 0.15) is 36.5 Å². The van der Waals surface area contributed by atoms with Crippen molar-refractivity contribution in [2.24, 2.45) is 11.8 Å². The summed E-state index contributed by atoms with van der Waals surface area (Å²) < 4.78 is 0. The highest BCUT2D eigenvalue weighted by molar-refractivity contribution is 7.09. The summed E-state index contributed by atoms with van der Waals surface area (Å²) in [5.41, 5.74) is 1.91. The number of nitrogens with zero attached hydrogens (tertiary/aromatic N) is 1. The standard InChI is InChI=1S/C19H24N2O3S/c1-13(2)8-15(19(23)24)11-20-17(22)10-16-12-25-18(21-16)9-14-6-4-3-5-7-14/h3-7,12-13,15H,8-11H2,1-2H3,(H,20,22)(H,23,24). The minimum atomic E-state index is -0.868. The number of carboxylic acid groups (broad SMARTS) is 1. The summed E-state index contributed by atoms with van der Waals surface area (Å²) in [7, 11) is 0. The number of benzene rings is 1. The van der Waals surface area contributed by atoms with Crippen LogP contribution in [0, 0.1) is 11.8 Å². The van der Waals surface area contributed by atoms with E-state index in [9.17, 15) is 14.7 Å². The van der Waals surface area contributed by atoms with E-state index in [0.717, 1.165) is 17.1 Å². The molecule has 0 spiro atoms. The fourth-order valence-corrected chi connectivity index (χ4v) is 3.41. The number of carbonyl (C=O) groups is 2. The molecule has 134 valence electrons. The van der Waals surface area contributed by atoms with Crippen LogP contribution in [0.5, 0.6) is 0 Å². The molecule has 6 heteroatoms. The second-order valence-corrected chi connectivity index (χ2v) is 7.48. The van der Waals surface area contributed by atoms with Crippen LogP contribution in [0.3, 0.4) is 0 Å². The summed E-state index contributed by atoms with van der Waals surface area (Å²) in [4.78, 5) is 27.8. The normalized spacial score (nSPS) is 12.1. The Hall–Kier alpha value is -2.21. The minimum absolute atomic E-state index is 0.160. The lowest BCUT2D eigenvalue weighted by Gasteiger charge is -2.15. The van der Waals surface area contributed by atoms with Gasteiger partial charge in [0.1, 0.15) is 0 Å². The number of aliphatic carboxylic acids is 1. The van der Waals surface area contributed by atoms with Gasteiger partial charge in [-0.1, -0.05) is 44.2 Å². The molecule has 1 aromatic carbocycles. The molecule has 5 nitrogen and oxygen atoms in total. The molecular weight excluding hydrogens is 336 g/mol. The Morgan fingerprint density at radius 1 is 1.24 bits per heavy atom. The molecule has 1 amide bonds. The highest BCUT2D eigenvalue weighted by Crippen LogP contribution is 2.15. The molecule has 25 heavy (non-hydrogen) atoms. The van der Waals surface area contributed by atoms with Gasteiger partial charge in [-0.2, -0.15) is 0 Å². The highest BCUT2D eigenvalue weighted by Gasteiger charge is 2.20. The Balaban J connectivity index is 1.83. The van der Waals surface area contributed by atoms with Gasteiger partial charge in [0.05, 0.1) is 23.0 Å². The molecule has 0 fully saturated rings. The predicted molar refractivity (Wildman–Crippen MR) is 98.7 cm³/mol. The number of carboxylic acids is 1. The number of amides is 1. The second-order valence-electron chi connectivity index (χ2n) is 6.54. The van der Waals surface area contributed by atoms with Gasteiger partial charge in [-0.15, -0.1) is 11.3 Å². The summed E-state index contributed by atoms with van der Waals surface area (Å²) in [6.07, 6.45) is 1.48. The van der Waals surface area contributed by atoms with Crippen molar-refractivity contribution in [1.29, 1.82) is 0 Å². The van der Waals surface area contributed by atoms with Crippen molar-refractivity contribution in [3.63, 3.8) is 0 Å². The molecule has 2 N–H and O–H groups in total. The first kappa shape index (κ1) is 19.1. The molecule has 0 radical (unpaired) electrons. The van der Waals surface area contributed by atoms with Crippen LogP contribution in [0.25, 0.3) is 0 Å². The van der Waals surface area contributed by atoms with Crippen LogP contribution in [0.4, 0.5) is 0 Å². The van der Waals surface area contributed by atoms with E-state index in [1.54, 1.807) is 0 Å². The maximum atomic E-state index is 12.1. The number of thiazole rings is 1. The predicted octanol–water partition coefficient (Wildman–Crippen LogP) is 3.14. The van der Waals surface area contributed by atoms with Crippen molar-refractivity contribution in [3.8, 4) is 0 Å². The lowest BCUT2D eigenvalue weighted by molar-refractivity contribution is -0.142. The summed E-state index contributed by atoms with van der Waals surface area (Å²) in [5.74, 6) is -1.33. The van der Waals surface area contributed by atoms with Gasteiger partial charge in [-0.3, -0.25) is 9.59 Å². The average molecular weight is 360 g/mol. The van der Waals surface area contributed by atoms with Crippen molar-refractivity contribution in [3.05, 3.63) is 52.0 Å². The van der Waals surface area contributed by atoms with Crippen molar-refractivity contribution in [2.75, 3.05) is 6.54 Å². The Morgan fingerprint density at radius 3 is 2.60 bits per heavy atom. The number of rotatable bonds is 9. The van der Waals surface area contributed by atoms with Crippen LogP contribution in [-0.2, 0) is 22.4 Å². The maximum Gasteiger partial charge on any atom is 0.308 e. The first-order chi connectivity index (χ1) is 11.9. The van der Waals surface area contributed by atoms with E-state index >= 15 is 0 Å². The molecule has 0 saturated heterocycles. The molecular formula is C19H24N2O3S. The molecule has 0 bridgehead atoms. The van der Waals surface area contributed by atoms with Crippen LogP contribution in [-0.4, -0.2) is 28.5 Å². The zero-order valence-electron chi connectivity index (χ0n) is 14.6. The first-order valence-electron chi connectivity index (χ1n) is 8.40. The molecule has 0 aliphatic carbocycles. The molecule has 0 aliphatic rings. The lowest BCUT2D eigenvalue weighted by atomic mass is 9.97. The highest BCUT2D eigenvalue weighted by atomic mass is 32.1. The molecule has 0 saturated carbocycles. The Labute approximate surface area is 152 Å². The summed E-state index contributed by atoms with van der Waals surface area (Å²) in [6.45, 7) is 4.11. The number of hydrogen-bond donors (Lipinski definition) is 2. The van der Waals surface area contributed by atoms with E-state index in [1.807, 2.05) is 37.4 Å². The number of aromatic nitrogens is 1. The van der Waals surface area contributed by atoms with Crippen LogP contribution in [0.2, 0.25) is 0 Å². The Morgan fingerprint density at radius 2 is 1.96 bits per heavy atom. The third-order valence-electron chi connectivity index (χ3n) is 3.79. The van der Waals surface area contributed by atoms with Crippen molar-refractivity contribution in [1.82, 2.24) is 10.3 Å². The maximum absolute atomic E-state index is 12.1. The largest absolute Gasteiger partial charge is 0.481 e. The summed E-state index contributed by atoms with van der Waals surface area (Å²) in [6, 6.07) is 10.1. The SMILES string of the molecule is CC(C)CC(CNC(=O)Cc1csc(Cc2ccccc2)n1)C(=O)O. The molecule has 1 unspecified atom stereocenters. The number of nitrogens with one attached hydrogen (secondary N) is 1. The quantitative estimate of drug-likeness (QED) is 0.720. The van der Waals surface area contributed by atoms with Crippen molar-refractivity contribution in [2.45, 2.75) is 33.1 Å². The summed E-state index contributed by atoms with van der Waals surface area (Å²) in [5, 5.41) is 14.8. The fourth-order valence-electron chi connectivity index (χ4n) is 2.59. The molecule has 1 aromatic heterocycles. The van der Waals surface area contributed by atoms with Gasteiger partial charge in [0.25, 0.3) is 0 Å². The van der Waals surface area contributed by atoms with Gasteiger partial charge in [0.2, 0.25) is 5.91 Å². The molecule has 2 aromatic rings. The molecule has 2 rings (SSSR count). The third-order valence-corrected chi connectivity index (χ3v) is 4.69. The van der Waals surface area contributed by atoms with Crippen molar-refractivity contribution >= 4 is 23.2 Å². The van der Waals surface area contributed by atoms with Gasteiger partial charge in [0, 0.05) is 18.3 Å². The van der Waals surface area contributed by atoms with Crippen LogP contribution >= 0.6 is 11.3 Å². The van der Waals surface area contributed by atoms with Gasteiger partial charge < -0.3 is 10.4 Å². The monoisotopic (exact) mass is 360 g/mol. The van der Waals surface area contributed by atoms with Crippen LogP contribution in [0.15, 0.2) is 35.7 Å². The topological polar surface area (TPSA) is 79.3 Å². The zero-order chi connectivity index (χ0) is 18.2. The zero-order valence-corrected chi connectivity index (χ0v) is 15.4. The average Bonchev–Trinajstić information content (AvgIpc) is 2.98. The first-order valence-corrected chi connectivity index (χ1v) is 9.28. The van der Waals surface area contributed by atoms with Gasteiger partial charge in [-0.25, -0.2) is 4.98 Å². The molecule has 1 atom stereocenters. The molecule has 1 heterocycles. The fraction of sp³-hybridized carbons (Fsp3) is 0.421. The van der Waals surface area contributed by atoms with Gasteiger partial charge in [0.15, 0.2) is 0 Å². The smallest absolute Gasteiger partial charge is 0.308 e. The van der Waals surface area contributed by atoms with E-state index < -0.39 is 11.9 Å². The Kier molecular flexibility index (Phi) is 7.13.